The van der Waals surface area contributed by atoms with Crippen LogP contribution in [0.5, 0.6) is 0 Å². The third kappa shape index (κ3) is 4.65. The number of rotatable bonds is 5. The predicted molar refractivity (Wildman–Crippen MR) is 92.2 cm³/mol. The summed E-state index contributed by atoms with van der Waals surface area (Å²) in [5, 5.41) is 9.16. The van der Waals surface area contributed by atoms with Crippen molar-refractivity contribution in [1.29, 1.82) is 0 Å². The molecule has 1 amide bonds. The molecule has 1 atom stereocenters. The summed E-state index contributed by atoms with van der Waals surface area (Å²) in [5.41, 5.74) is 4.49. The summed E-state index contributed by atoms with van der Waals surface area (Å²) in [7, 11) is 0. The van der Waals surface area contributed by atoms with Crippen LogP contribution in [0.4, 0.5) is 26.3 Å². The molecule has 0 spiro atoms. The first-order chi connectivity index (χ1) is 14.4. The van der Waals surface area contributed by atoms with Gasteiger partial charge >= 0.3 is 12.1 Å². The molecule has 0 fully saturated rings. The molecule has 1 aromatic heterocycles. The van der Waals surface area contributed by atoms with Crippen LogP contribution in [0, 0.1) is 17.5 Å². The second kappa shape index (κ2) is 8.21. The first-order valence-electron chi connectivity index (χ1n) is 8.95. The average Bonchev–Trinajstić information content (AvgIpc) is 3.05. The van der Waals surface area contributed by atoms with Gasteiger partial charge in [0.1, 0.15) is 5.82 Å². The number of benzene rings is 1. The molecular weight excluding hydrogens is 434 g/mol. The van der Waals surface area contributed by atoms with Crippen molar-refractivity contribution in [2.75, 3.05) is 6.54 Å². The highest BCUT2D eigenvalue weighted by atomic mass is 19.4. The molecule has 1 aliphatic heterocycles. The van der Waals surface area contributed by atoms with Crippen LogP contribution in [-0.2, 0) is 30.5 Å². The molecule has 2 heterocycles. The molecule has 0 saturated heterocycles. The van der Waals surface area contributed by atoms with Crippen LogP contribution in [-0.4, -0.2) is 44.0 Å². The number of carbonyl (C=O) groups excluding carboxylic acids is 1. The van der Waals surface area contributed by atoms with E-state index in [2.05, 4.69) is 4.98 Å². The van der Waals surface area contributed by atoms with E-state index >= 15 is 0 Å². The lowest BCUT2D eigenvalue weighted by Crippen LogP contribution is -2.42. The number of amides is 1. The molecule has 1 aliphatic rings. The summed E-state index contributed by atoms with van der Waals surface area (Å²) in [5.74, 6) is -7.33. The van der Waals surface area contributed by atoms with Crippen molar-refractivity contribution in [2.45, 2.75) is 38.1 Å². The maximum absolute atomic E-state index is 13.8. The zero-order chi connectivity index (χ0) is 23.1. The number of carboxylic acid groups (broad SMARTS) is 1. The molecule has 7 nitrogen and oxygen atoms in total. The summed E-state index contributed by atoms with van der Waals surface area (Å²) >= 11 is 0. The largest absolute Gasteiger partial charge is 0.476 e. The summed E-state index contributed by atoms with van der Waals surface area (Å²) in [6.07, 6.45) is -5.54. The molecule has 13 heteroatoms. The van der Waals surface area contributed by atoms with Gasteiger partial charge in [0.25, 0.3) is 0 Å². The van der Waals surface area contributed by atoms with Gasteiger partial charge in [0.15, 0.2) is 17.3 Å². The summed E-state index contributed by atoms with van der Waals surface area (Å²) in [4.78, 5) is 28.1. The summed E-state index contributed by atoms with van der Waals surface area (Å²) < 4.78 is 80.1. The number of carboxylic acids is 1. The van der Waals surface area contributed by atoms with Crippen LogP contribution in [0.15, 0.2) is 12.1 Å². The van der Waals surface area contributed by atoms with Gasteiger partial charge < -0.3 is 20.3 Å². The van der Waals surface area contributed by atoms with Gasteiger partial charge in [-0.2, -0.15) is 13.2 Å². The van der Waals surface area contributed by atoms with Crippen molar-refractivity contribution in [3.8, 4) is 0 Å². The van der Waals surface area contributed by atoms with Gasteiger partial charge in [-0.3, -0.25) is 4.79 Å². The highest BCUT2D eigenvalue weighted by Gasteiger charge is 2.41. The number of hydrogen-bond acceptors (Lipinski definition) is 4. The monoisotopic (exact) mass is 450 g/mol. The fourth-order valence-corrected chi connectivity index (χ4v) is 3.40. The number of carbonyl (C=O) groups is 2. The molecule has 0 aliphatic carbocycles. The highest BCUT2D eigenvalue weighted by Crippen LogP contribution is 2.32. The molecule has 0 unspecified atom stereocenters. The van der Waals surface area contributed by atoms with Crippen molar-refractivity contribution in [1.82, 2.24) is 14.5 Å². The molecule has 31 heavy (non-hydrogen) atoms. The number of imidazole rings is 1. The molecular formula is C18H16F6N4O3. The number of nitrogens with two attached hydrogens (primary N) is 1. The first-order valence-corrected chi connectivity index (χ1v) is 8.95. The number of fused-ring (bicyclic) bond motifs is 1. The minimum Gasteiger partial charge on any atom is -0.476 e. The highest BCUT2D eigenvalue weighted by molar-refractivity contribution is 5.87. The maximum atomic E-state index is 13.8. The average molecular weight is 450 g/mol. The lowest BCUT2D eigenvalue weighted by Gasteiger charge is -2.30. The predicted octanol–water partition coefficient (Wildman–Crippen LogP) is 2.32. The van der Waals surface area contributed by atoms with E-state index in [1.54, 1.807) is 0 Å². The van der Waals surface area contributed by atoms with E-state index in [0.29, 0.717) is 16.7 Å². The van der Waals surface area contributed by atoms with Crippen molar-refractivity contribution in [3.63, 3.8) is 0 Å². The molecule has 168 valence electrons. The minimum absolute atomic E-state index is 0.156. The van der Waals surface area contributed by atoms with Gasteiger partial charge in [0.2, 0.25) is 11.7 Å². The van der Waals surface area contributed by atoms with E-state index < -0.39 is 59.6 Å². The van der Waals surface area contributed by atoms with Gasteiger partial charge in [-0.05, 0) is 18.1 Å². The normalized spacial score (nSPS) is 15.0. The van der Waals surface area contributed by atoms with Crippen LogP contribution >= 0.6 is 0 Å². The zero-order valence-corrected chi connectivity index (χ0v) is 15.7. The van der Waals surface area contributed by atoms with Crippen molar-refractivity contribution < 1.29 is 41.0 Å². The fourth-order valence-electron chi connectivity index (χ4n) is 3.40. The molecule has 0 saturated carbocycles. The van der Waals surface area contributed by atoms with Crippen LogP contribution in [0.3, 0.4) is 0 Å². The van der Waals surface area contributed by atoms with Crippen LogP contribution in [0.25, 0.3) is 0 Å². The fraction of sp³-hybridized carbons (Fsp3) is 0.389. The topological polar surface area (TPSA) is 101 Å². The number of aromatic nitrogens is 2. The second-order valence-electron chi connectivity index (χ2n) is 7.03. The Balaban J connectivity index is 1.73. The van der Waals surface area contributed by atoms with E-state index in [1.165, 1.54) is 0 Å². The van der Waals surface area contributed by atoms with Gasteiger partial charge in [0, 0.05) is 31.6 Å². The van der Waals surface area contributed by atoms with Gasteiger partial charge in [-0.25, -0.2) is 22.9 Å². The van der Waals surface area contributed by atoms with E-state index in [1.807, 2.05) is 0 Å². The number of hydrogen-bond donors (Lipinski definition) is 2. The molecule has 1 aromatic carbocycles. The Hall–Kier alpha value is -3.09. The maximum Gasteiger partial charge on any atom is 0.449 e. The van der Waals surface area contributed by atoms with E-state index in [9.17, 15) is 35.9 Å². The lowest BCUT2D eigenvalue weighted by molar-refractivity contribution is -0.148. The van der Waals surface area contributed by atoms with Crippen LogP contribution < -0.4 is 5.73 Å². The summed E-state index contributed by atoms with van der Waals surface area (Å²) in [6.45, 7) is -0.921. The lowest BCUT2D eigenvalue weighted by atomic mass is 10.0. The third-order valence-corrected chi connectivity index (χ3v) is 4.82. The van der Waals surface area contributed by atoms with E-state index in [-0.39, 0.29) is 37.2 Å². The Morgan fingerprint density at radius 3 is 2.39 bits per heavy atom. The second-order valence-corrected chi connectivity index (χ2v) is 7.03. The Morgan fingerprint density at radius 2 is 1.77 bits per heavy atom. The van der Waals surface area contributed by atoms with Crippen LogP contribution in [0.2, 0.25) is 0 Å². The minimum atomic E-state index is -4.87. The number of halogens is 6. The van der Waals surface area contributed by atoms with Gasteiger partial charge in [0.05, 0.1) is 12.2 Å². The van der Waals surface area contributed by atoms with Crippen LogP contribution in [0.1, 0.15) is 34.0 Å². The number of aromatic carboxylic acids is 1. The Bertz CT molecular complexity index is 1040. The van der Waals surface area contributed by atoms with Crippen molar-refractivity contribution >= 4 is 11.9 Å². The Kier molecular flexibility index (Phi) is 5.98. The standard InChI is InChI=1S/C18H16F6N4O3/c19-10-6-12(21)11(20)4-8(10)3-9(25)5-14(29)27-1-2-28-13(7-27)15(16(30)31)26-17(28)18(22,23)24/h4,6,9H,1-3,5,7,25H2,(H,30,31)/t9-/m0/s1. The van der Waals surface area contributed by atoms with Gasteiger partial charge in [-0.1, -0.05) is 0 Å². The summed E-state index contributed by atoms with van der Waals surface area (Å²) in [6, 6.07) is -0.00786. The zero-order valence-electron chi connectivity index (χ0n) is 15.7. The Labute approximate surface area is 171 Å². The Morgan fingerprint density at radius 1 is 1.13 bits per heavy atom. The van der Waals surface area contributed by atoms with Crippen molar-refractivity contribution in [3.05, 3.63) is 52.4 Å². The van der Waals surface area contributed by atoms with Gasteiger partial charge in [-0.15, -0.1) is 0 Å². The third-order valence-electron chi connectivity index (χ3n) is 4.82. The molecule has 3 rings (SSSR count). The van der Waals surface area contributed by atoms with Crippen molar-refractivity contribution in [2.24, 2.45) is 5.73 Å². The molecule has 2 aromatic rings. The van der Waals surface area contributed by atoms with E-state index in [0.717, 1.165) is 4.90 Å². The number of nitrogens with zero attached hydrogens (tertiary/aromatic N) is 3. The van der Waals surface area contributed by atoms with E-state index in [4.69, 9.17) is 10.8 Å². The first kappa shape index (κ1) is 22.6. The molecule has 0 radical (unpaired) electrons. The SMILES string of the molecule is N[C@H](CC(=O)N1CCn2c(C(F)(F)F)nc(C(=O)O)c2C1)Cc1cc(F)c(F)cc1F. The smallest absolute Gasteiger partial charge is 0.449 e. The molecule has 3 N–H and O–H groups in total. The quantitative estimate of drug-likeness (QED) is 0.538. The molecule has 0 bridgehead atoms. The number of alkyl halides is 3.